The molecule has 124 valence electrons. The van der Waals surface area contributed by atoms with Gasteiger partial charge in [0.25, 0.3) is 11.6 Å². The van der Waals surface area contributed by atoms with E-state index in [2.05, 4.69) is 10.2 Å². The number of rotatable bonds is 7. The lowest BCUT2D eigenvalue weighted by Crippen LogP contribution is -2.39. The molecule has 0 spiro atoms. The third kappa shape index (κ3) is 4.66. The molecule has 0 unspecified atom stereocenters. The van der Waals surface area contributed by atoms with Crippen LogP contribution in [0.4, 0.5) is 5.69 Å². The highest BCUT2D eigenvalue weighted by Crippen LogP contribution is 2.30. The second-order valence-corrected chi connectivity index (χ2v) is 6.30. The van der Waals surface area contributed by atoms with E-state index < -0.39 is 4.92 Å². The van der Waals surface area contributed by atoms with Gasteiger partial charge in [-0.05, 0) is 37.3 Å². The summed E-state index contributed by atoms with van der Waals surface area (Å²) in [7, 11) is 0. The fraction of sp³-hybridized carbons (Fsp3) is 0.562. The lowest BCUT2D eigenvalue weighted by atomic mass is 10.2. The molecule has 1 atom stereocenters. The number of ether oxygens (including phenoxy) is 1. The number of nitrogens with one attached hydrogen (secondary N) is 1. The van der Waals surface area contributed by atoms with E-state index in [-0.39, 0.29) is 24.2 Å². The van der Waals surface area contributed by atoms with E-state index in [4.69, 9.17) is 4.74 Å². The van der Waals surface area contributed by atoms with Crippen molar-refractivity contribution in [2.45, 2.75) is 25.3 Å². The predicted octanol–water partition coefficient (Wildman–Crippen LogP) is 1.57. The quantitative estimate of drug-likeness (QED) is 0.609. The highest BCUT2D eigenvalue weighted by Gasteiger charge is 2.29. The number of amides is 1. The van der Waals surface area contributed by atoms with Crippen LogP contribution in [-0.4, -0.2) is 48.0 Å². The minimum absolute atomic E-state index is 0.00325. The van der Waals surface area contributed by atoms with Crippen molar-refractivity contribution >= 4 is 11.6 Å². The number of nitro groups is 1. The summed E-state index contributed by atoms with van der Waals surface area (Å²) in [6, 6.07) is 5.91. The van der Waals surface area contributed by atoms with Gasteiger partial charge in [0.1, 0.15) is 5.75 Å². The van der Waals surface area contributed by atoms with Crippen molar-refractivity contribution < 1.29 is 14.5 Å². The van der Waals surface area contributed by atoms with Crippen LogP contribution in [-0.2, 0) is 4.79 Å². The Morgan fingerprint density at radius 3 is 2.70 bits per heavy atom. The summed E-state index contributed by atoms with van der Waals surface area (Å²) in [4.78, 5) is 24.4. The number of nitro benzene ring substituents is 1. The summed E-state index contributed by atoms with van der Waals surface area (Å²) in [5, 5.41) is 13.6. The molecule has 1 saturated heterocycles. The molecule has 7 heteroatoms. The van der Waals surface area contributed by atoms with E-state index in [9.17, 15) is 14.9 Å². The number of hydrogen-bond acceptors (Lipinski definition) is 5. The Labute approximate surface area is 134 Å². The van der Waals surface area contributed by atoms with Crippen molar-refractivity contribution in [3.63, 3.8) is 0 Å². The van der Waals surface area contributed by atoms with Crippen LogP contribution in [0.1, 0.15) is 19.3 Å². The van der Waals surface area contributed by atoms with Crippen molar-refractivity contribution in [1.82, 2.24) is 10.2 Å². The van der Waals surface area contributed by atoms with E-state index >= 15 is 0 Å². The van der Waals surface area contributed by atoms with Crippen LogP contribution in [0.2, 0.25) is 0 Å². The maximum atomic E-state index is 11.9. The SMILES string of the molecule is O=C(COc1ccc([N+](=O)[O-])cc1)N[C@H]1CCN(CC2CC2)C1. The minimum Gasteiger partial charge on any atom is -0.484 e. The van der Waals surface area contributed by atoms with Crippen LogP contribution < -0.4 is 10.1 Å². The molecular weight excluding hydrogens is 298 g/mol. The number of likely N-dealkylation sites (tertiary alicyclic amines) is 1. The standard InChI is InChI=1S/C16H21N3O4/c20-16(11-23-15-5-3-14(4-6-15)19(21)22)17-13-7-8-18(10-13)9-12-1-2-12/h3-6,12-13H,1-2,7-11H2,(H,17,20)/t13-/m0/s1. The van der Waals surface area contributed by atoms with Gasteiger partial charge in [0.05, 0.1) is 4.92 Å². The number of carbonyl (C=O) groups is 1. The first-order valence-electron chi connectivity index (χ1n) is 7.99. The monoisotopic (exact) mass is 319 g/mol. The molecule has 1 N–H and O–H groups in total. The molecule has 3 rings (SSSR count). The van der Waals surface area contributed by atoms with Crippen LogP contribution in [0.15, 0.2) is 24.3 Å². The van der Waals surface area contributed by atoms with Crippen molar-refractivity contribution in [1.29, 1.82) is 0 Å². The molecule has 2 aliphatic rings. The Morgan fingerprint density at radius 1 is 1.30 bits per heavy atom. The molecule has 0 radical (unpaired) electrons. The summed E-state index contributed by atoms with van der Waals surface area (Å²) in [6.45, 7) is 3.05. The number of non-ortho nitro benzene ring substituents is 1. The van der Waals surface area contributed by atoms with Gasteiger partial charge in [0.2, 0.25) is 0 Å². The van der Waals surface area contributed by atoms with Crippen molar-refractivity contribution in [2.24, 2.45) is 5.92 Å². The van der Waals surface area contributed by atoms with Gasteiger partial charge in [-0.25, -0.2) is 0 Å². The van der Waals surface area contributed by atoms with Gasteiger partial charge in [-0.3, -0.25) is 14.9 Å². The van der Waals surface area contributed by atoms with E-state index in [1.54, 1.807) is 0 Å². The van der Waals surface area contributed by atoms with E-state index in [0.717, 1.165) is 32.0 Å². The van der Waals surface area contributed by atoms with Crippen LogP contribution in [0.5, 0.6) is 5.75 Å². The smallest absolute Gasteiger partial charge is 0.269 e. The van der Waals surface area contributed by atoms with Gasteiger partial charge in [-0.1, -0.05) is 0 Å². The summed E-state index contributed by atoms with van der Waals surface area (Å²) < 4.78 is 5.37. The average molecular weight is 319 g/mol. The van der Waals surface area contributed by atoms with Gasteiger partial charge < -0.3 is 15.0 Å². The molecule has 1 amide bonds. The molecular formula is C16H21N3O4. The van der Waals surface area contributed by atoms with Gasteiger partial charge >= 0.3 is 0 Å². The molecule has 1 heterocycles. The Morgan fingerprint density at radius 2 is 2.04 bits per heavy atom. The zero-order valence-electron chi connectivity index (χ0n) is 12.9. The Kier molecular flexibility index (Phi) is 4.76. The van der Waals surface area contributed by atoms with E-state index in [1.807, 2.05) is 0 Å². The van der Waals surface area contributed by atoms with Crippen molar-refractivity contribution in [3.8, 4) is 5.75 Å². The molecule has 7 nitrogen and oxygen atoms in total. The van der Waals surface area contributed by atoms with Gasteiger partial charge in [-0.2, -0.15) is 0 Å². The predicted molar refractivity (Wildman–Crippen MR) is 84.3 cm³/mol. The number of hydrogen-bond donors (Lipinski definition) is 1. The van der Waals surface area contributed by atoms with Crippen molar-refractivity contribution in [3.05, 3.63) is 34.4 Å². The number of nitrogens with zero attached hydrogens (tertiary/aromatic N) is 2. The molecule has 23 heavy (non-hydrogen) atoms. The van der Waals surface area contributed by atoms with Crippen molar-refractivity contribution in [2.75, 3.05) is 26.2 Å². The molecule has 1 saturated carbocycles. The zero-order chi connectivity index (χ0) is 16.2. The highest BCUT2D eigenvalue weighted by molar-refractivity contribution is 5.77. The summed E-state index contributed by atoms with van der Waals surface area (Å²) in [6.07, 6.45) is 3.67. The van der Waals surface area contributed by atoms with Crippen LogP contribution in [0.3, 0.4) is 0 Å². The lowest BCUT2D eigenvalue weighted by Gasteiger charge is -2.16. The fourth-order valence-electron chi connectivity index (χ4n) is 2.86. The molecule has 1 aromatic carbocycles. The van der Waals surface area contributed by atoms with Gasteiger partial charge in [0.15, 0.2) is 6.61 Å². The normalized spacial score (nSPS) is 21.1. The molecule has 2 fully saturated rings. The van der Waals surface area contributed by atoms with Gasteiger partial charge in [0, 0.05) is 37.8 Å². The summed E-state index contributed by atoms with van der Waals surface area (Å²) in [5.74, 6) is 1.17. The van der Waals surface area contributed by atoms with Gasteiger partial charge in [-0.15, -0.1) is 0 Å². The third-order valence-electron chi connectivity index (χ3n) is 4.27. The number of carbonyl (C=O) groups excluding carboxylic acids is 1. The fourth-order valence-corrected chi connectivity index (χ4v) is 2.86. The van der Waals surface area contributed by atoms with E-state index in [1.165, 1.54) is 37.1 Å². The second-order valence-electron chi connectivity index (χ2n) is 6.30. The minimum atomic E-state index is -0.468. The van der Waals surface area contributed by atoms with Crippen LogP contribution >= 0.6 is 0 Å². The first-order chi connectivity index (χ1) is 11.1. The maximum absolute atomic E-state index is 11.9. The van der Waals surface area contributed by atoms with Crippen LogP contribution in [0.25, 0.3) is 0 Å². The lowest BCUT2D eigenvalue weighted by molar-refractivity contribution is -0.384. The second kappa shape index (κ2) is 6.95. The molecule has 1 aliphatic heterocycles. The summed E-state index contributed by atoms with van der Waals surface area (Å²) >= 11 is 0. The first kappa shape index (κ1) is 15.7. The topological polar surface area (TPSA) is 84.7 Å². The molecule has 0 bridgehead atoms. The third-order valence-corrected chi connectivity index (χ3v) is 4.27. The summed E-state index contributed by atoms with van der Waals surface area (Å²) in [5.41, 5.74) is 0.00325. The van der Waals surface area contributed by atoms with E-state index in [0.29, 0.717) is 5.75 Å². The molecule has 1 aliphatic carbocycles. The molecule has 1 aromatic rings. The Bertz CT molecular complexity index is 571. The van der Waals surface area contributed by atoms with Crippen LogP contribution in [0, 0.1) is 16.0 Å². The highest BCUT2D eigenvalue weighted by atomic mass is 16.6. The number of benzene rings is 1. The zero-order valence-corrected chi connectivity index (χ0v) is 12.9. The first-order valence-corrected chi connectivity index (χ1v) is 7.99. The maximum Gasteiger partial charge on any atom is 0.269 e. The Balaban J connectivity index is 1.38. The Hall–Kier alpha value is -2.15. The largest absolute Gasteiger partial charge is 0.484 e. The average Bonchev–Trinajstić information content (AvgIpc) is 3.24. The molecule has 0 aromatic heterocycles.